The minimum atomic E-state index is -0.444. The molecule has 0 bridgehead atoms. The van der Waals surface area contributed by atoms with E-state index in [9.17, 15) is 9.90 Å². The Bertz CT molecular complexity index is 423. The van der Waals surface area contributed by atoms with Crippen molar-refractivity contribution in [3.05, 3.63) is 23.8 Å². The van der Waals surface area contributed by atoms with E-state index >= 15 is 0 Å². The minimum absolute atomic E-state index is 0.0777. The zero-order valence-electron chi connectivity index (χ0n) is 11.4. The molecule has 0 radical (unpaired) electrons. The number of phenols is 1. The fraction of sp³-hybridized carbons (Fsp3) is 0.462. The number of hydrogen-bond acceptors (Lipinski definition) is 5. The predicted octanol–water partition coefficient (Wildman–Crippen LogP) is 1.41. The molecule has 106 valence electrons. The molecule has 0 saturated carbocycles. The van der Waals surface area contributed by atoms with Gasteiger partial charge in [-0.15, -0.1) is 0 Å². The van der Waals surface area contributed by atoms with E-state index in [0.717, 1.165) is 5.56 Å². The van der Waals surface area contributed by atoms with Crippen LogP contribution in [0.25, 0.3) is 0 Å². The standard InChI is InChI=1S/C13H20N2O4/c1-9(14-6-7-15-13(17)19-3)10-4-5-11(16)12(8-10)18-2/h4-5,8-9,14,16H,6-7H2,1-3H3,(H,15,17). The van der Waals surface area contributed by atoms with Crippen molar-refractivity contribution in [1.29, 1.82) is 0 Å². The molecule has 1 atom stereocenters. The Morgan fingerprint density at radius 3 is 2.74 bits per heavy atom. The Labute approximate surface area is 112 Å². The SMILES string of the molecule is COC(=O)NCCNC(C)c1ccc(O)c(OC)c1. The maximum atomic E-state index is 10.8. The van der Waals surface area contributed by atoms with E-state index in [-0.39, 0.29) is 11.8 Å². The predicted molar refractivity (Wildman–Crippen MR) is 71.5 cm³/mol. The average molecular weight is 268 g/mol. The second-order valence-corrected chi connectivity index (χ2v) is 4.03. The Hall–Kier alpha value is -1.95. The zero-order chi connectivity index (χ0) is 14.3. The van der Waals surface area contributed by atoms with Crippen molar-refractivity contribution < 1.29 is 19.4 Å². The van der Waals surface area contributed by atoms with E-state index in [1.165, 1.54) is 14.2 Å². The lowest BCUT2D eigenvalue weighted by molar-refractivity contribution is 0.171. The molecule has 0 aliphatic carbocycles. The zero-order valence-corrected chi connectivity index (χ0v) is 11.4. The van der Waals surface area contributed by atoms with Crippen molar-refractivity contribution in [2.75, 3.05) is 27.3 Å². The van der Waals surface area contributed by atoms with Crippen LogP contribution in [0.5, 0.6) is 11.5 Å². The molecule has 1 aromatic carbocycles. The molecular formula is C13H20N2O4. The second kappa shape index (κ2) is 7.48. The van der Waals surface area contributed by atoms with Gasteiger partial charge < -0.3 is 25.2 Å². The number of carbonyl (C=O) groups excluding carboxylic acids is 1. The first kappa shape index (κ1) is 15.1. The third-order valence-corrected chi connectivity index (χ3v) is 2.73. The summed E-state index contributed by atoms with van der Waals surface area (Å²) < 4.78 is 9.52. The smallest absolute Gasteiger partial charge is 0.406 e. The van der Waals surface area contributed by atoms with Crippen LogP contribution in [-0.2, 0) is 4.74 Å². The minimum Gasteiger partial charge on any atom is -0.504 e. The maximum Gasteiger partial charge on any atom is 0.406 e. The molecule has 0 aliphatic rings. The first-order valence-electron chi connectivity index (χ1n) is 6.00. The van der Waals surface area contributed by atoms with Gasteiger partial charge in [-0.25, -0.2) is 4.79 Å². The third-order valence-electron chi connectivity index (χ3n) is 2.73. The van der Waals surface area contributed by atoms with Crippen molar-refractivity contribution in [1.82, 2.24) is 10.6 Å². The highest BCUT2D eigenvalue weighted by Gasteiger charge is 2.08. The van der Waals surface area contributed by atoms with Gasteiger partial charge in [-0.05, 0) is 24.6 Å². The van der Waals surface area contributed by atoms with Gasteiger partial charge in [0.15, 0.2) is 11.5 Å². The molecule has 1 aromatic rings. The second-order valence-electron chi connectivity index (χ2n) is 4.03. The van der Waals surface area contributed by atoms with Crippen LogP contribution in [0.2, 0.25) is 0 Å². The van der Waals surface area contributed by atoms with Gasteiger partial charge in [0.2, 0.25) is 0 Å². The Kier molecular flexibility index (Phi) is 5.95. The summed E-state index contributed by atoms with van der Waals surface area (Å²) in [5.74, 6) is 0.560. The molecular weight excluding hydrogens is 248 g/mol. The van der Waals surface area contributed by atoms with Crippen molar-refractivity contribution >= 4 is 6.09 Å². The molecule has 1 amide bonds. The summed E-state index contributed by atoms with van der Waals surface area (Å²) >= 11 is 0. The van der Waals surface area contributed by atoms with Crippen LogP contribution in [0, 0.1) is 0 Å². The van der Waals surface area contributed by atoms with E-state index in [0.29, 0.717) is 18.8 Å². The summed E-state index contributed by atoms with van der Waals surface area (Å²) in [6.07, 6.45) is -0.444. The van der Waals surface area contributed by atoms with Crippen molar-refractivity contribution in [2.45, 2.75) is 13.0 Å². The molecule has 1 rings (SSSR count). The topological polar surface area (TPSA) is 79.8 Å². The number of hydrogen-bond donors (Lipinski definition) is 3. The first-order valence-corrected chi connectivity index (χ1v) is 6.00. The van der Waals surface area contributed by atoms with Gasteiger partial charge in [0.25, 0.3) is 0 Å². The lowest BCUT2D eigenvalue weighted by Gasteiger charge is -2.15. The van der Waals surface area contributed by atoms with Crippen LogP contribution in [0.15, 0.2) is 18.2 Å². The van der Waals surface area contributed by atoms with Crippen LogP contribution in [-0.4, -0.2) is 38.5 Å². The lowest BCUT2D eigenvalue weighted by atomic mass is 10.1. The quantitative estimate of drug-likeness (QED) is 0.680. The van der Waals surface area contributed by atoms with Crippen LogP contribution in [0.4, 0.5) is 4.79 Å². The summed E-state index contributed by atoms with van der Waals surface area (Å²) in [4.78, 5) is 10.8. The molecule has 3 N–H and O–H groups in total. The number of nitrogens with one attached hydrogen (secondary N) is 2. The Balaban J connectivity index is 2.45. The van der Waals surface area contributed by atoms with E-state index in [4.69, 9.17) is 4.74 Å². The van der Waals surface area contributed by atoms with Gasteiger partial charge in [0.05, 0.1) is 14.2 Å². The molecule has 1 unspecified atom stereocenters. The summed E-state index contributed by atoms with van der Waals surface area (Å²) in [5.41, 5.74) is 0.993. The molecule has 0 spiro atoms. The van der Waals surface area contributed by atoms with Crippen LogP contribution < -0.4 is 15.4 Å². The van der Waals surface area contributed by atoms with Gasteiger partial charge in [-0.3, -0.25) is 0 Å². The number of ether oxygens (including phenoxy) is 2. The molecule has 0 aromatic heterocycles. The maximum absolute atomic E-state index is 10.8. The molecule has 6 heteroatoms. The number of carbonyl (C=O) groups is 1. The number of methoxy groups -OCH3 is 2. The number of alkyl carbamates (subject to hydrolysis) is 1. The van der Waals surface area contributed by atoms with Gasteiger partial charge >= 0.3 is 6.09 Å². The van der Waals surface area contributed by atoms with E-state index in [1.54, 1.807) is 12.1 Å². The Morgan fingerprint density at radius 2 is 2.11 bits per heavy atom. The number of amides is 1. The normalized spacial score (nSPS) is 11.7. The molecule has 6 nitrogen and oxygen atoms in total. The van der Waals surface area contributed by atoms with Gasteiger partial charge in [-0.2, -0.15) is 0 Å². The summed E-state index contributed by atoms with van der Waals surface area (Å²) in [7, 11) is 2.84. The van der Waals surface area contributed by atoms with Gasteiger partial charge in [0, 0.05) is 19.1 Å². The average Bonchev–Trinajstić information content (AvgIpc) is 2.43. The monoisotopic (exact) mass is 268 g/mol. The molecule has 0 fully saturated rings. The first-order chi connectivity index (χ1) is 9.08. The number of aromatic hydroxyl groups is 1. The number of rotatable bonds is 6. The van der Waals surface area contributed by atoms with Crippen molar-refractivity contribution in [3.63, 3.8) is 0 Å². The molecule has 19 heavy (non-hydrogen) atoms. The highest BCUT2D eigenvalue weighted by Crippen LogP contribution is 2.28. The molecule has 0 saturated heterocycles. The van der Waals surface area contributed by atoms with Crippen molar-refractivity contribution in [3.8, 4) is 11.5 Å². The summed E-state index contributed by atoms with van der Waals surface area (Å²) in [6.45, 7) is 3.08. The van der Waals surface area contributed by atoms with E-state index < -0.39 is 6.09 Å². The van der Waals surface area contributed by atoms with Gasteiger partial charge in [0.1, 0.15) is 0 Å². The largest absolute Gasteiger partial charge is 0.504 e. The van der Waals surface area contributed by atoms with Crippen LogP contribution in [0.3, 0.4) is 0 Å². The molecule has 0 aliphatic heterocycles. The lowest BCUT2D eigenvalue weighted by Crippen LogP contribution is -2.32. The van der Waals surface area contributed by atoms with Crippen LogP contribution >= 0.6 is 0 Å². The number of benzene rings is 1. The fourth-order valence-corrected chi connectivity index (χ4v) is 1.61. The molecule has 0 heterocycles. The summed E-state index contributed by atoms with van der Waals surface area (Å²) in [5, 5.41) is 15.3. The third kappa shape index (κ3) is 4.67. The number of phenolic OH excluding ortho intramolecular Hbond substituents is 1. The highest BCUT2D eigenvalue weighted by atomic mass is 16.5. The van der Waals surface area contributed by atoms with Gasteiger partial charge in [-0.1, -0.05) is 6.07 Å². The fourth-order valence-electron chi connectivity index (χ4n) is 1.61. The van der Waals surface area contributed by atoms with E-state index in [2.05, 4.69) is 15.4 Å². The summed E-state index contributed by atoms with van der Waals surface area (Å²) in [6, 6.07) is 5.28. The highest BCUT2D eigenvalue weighted by molar-refractivity contribution is 5.66. The Morgan fingerprint density at radius 1 is 1.37 bits per heavy atom. The van der Waals surface area contributed by atoms with E-state index in [1.807, 2.05) is 13.0 Å². The van der Waals surface area contributed by atoms with Crippen LogP contribution in [0.1, 0.15) is 18.5 Å². The van der Waals surface area contributed by atoms with Crippen molar-refractivity contribution in [2.24, 2.45) is 0 Å².